The lowest BCUT2D eigenvalue weighted by atomic mass is 10.1. The van der Waals surface area contributed by atoms with Gasteiger partial charge in [-0.1, -0.05) is 29.3 Å². The van der Waals surface area contributed by atoms with Crippen LogP contribution in [0, 0.1) is 5.92 Å². The van der Waals surface area contributed by atoms with Crippen molar-refractivity contribution in [2.24, 2.45) is 5.92 Å². The van der Waals surface area contributed by atoms with E-state index in [1.807, 2.05) is 0 Å². The largest absolute Gasteiger partial charge is 0.406 e. The average Bonchev–Trinajstić information content (AvgIpc) is 2.77. The molecular formula is C14H13Cl2F3N2O2. The van der Waals surface area contributed by atoms with Crippen molar-refractivity contribution in [1.82, 2.24) is 10.2 Å². The molecule has 23 heavy (non-hydrogen) atoms. The predicted molar refractivity (Wildman–Crippen MR) is 79.1 cm³/mol. The molecule has 1 saturated heterocycles. The Morgan fingerprint density at radius 3 is 2.65 bits per heavy atom. The molecule has 4 nitrogen and oxygen atoms in total. The van der Waals surface area contributed by atoms with E-state index in [4.69, 9.17) is 23.2 Å². The molecule has 1 aromatic rings. The molecule has 2 amide bonds. The third-order valence-electron chi connectivity index (χ3n) is 3.42. The maximum Gasteiger partial charge on any atom is 0.406 e. The molecule has 1 aromatic carbocycles. The van der Waals surface area contributed by atoms with E-state index in [-0.39, 0.29) is 19.5 Å². The fraction of sp³-hybridized carbons (Fsp3) is 0.429. The monoisotopic (exact) mass is 368 g/mol. The van der Waals surface area contributed by atoms with Crippen LogP contribution in [0.25, 0.3) is 0 Å². The number of halogens is 5. The Bertz CT molecular complexity index is 623. The number of carbonyl (C=O) groups excluding carboxylic acids is 2. The Kier molecular flexibility index (Phi) is 5.41. The zero-order chi connectivity index (χ0) is 17.2. The van der Waals surface area contributed by atoms with Gasteiger partial charge in [0.25, 0.3) is 0 Å². The van der Waals surface area contributed by atoms with Gasteiger partial charge in [-0.2, -0.15) is 13.2 Å². The second kappa shape index (κ2) is 6.97. The summed E-state index contributed by atoms with van der Waals surface area (Å²) in [5.41, 5.74) is 0.626. The second-order valence-corrected chi connectivity index (χ2v) is 6.09. The van der Waals surface area contributed by atoms with Gasteiger partial charge in [-0.25, -0.2) is 0 Å². The van der Waals surface area contributed by atoms with E-state index in [0.29, 0.717) is 20.5 Å². The quantitative estimate of drug-likeness (QED) is 0.887. The van der Waals surface area contributed by atoms with Crippen molar-refractivity contribution >= 4 is 35.0 Å². The summed E-state index contributed by atoms with van der Waals surface area (Å²) < 4.78 is 37.0. The van der Waals surface area contributed by atoms with Gasteiger partial charge >= 0.3 is 6.18 Å². The van der Waals surface area contributed by atoms with Crippen molar-refractivity contribution in [2.45, 2.75) is 19.1 Å². The fourth-order valence-electron chi connectivity index (χ4n) is 2.31. The second-order valence-electron chi connectivity index (χ2n) is 5.24. The maximum atomic E-state index is 12.3. The highest BCUT2D eigenvalue weighted by atomic mass is 35.5. The van der Waals surface area contributed by atoms with Gasteiger partial charge in [-0.05, 0) is 17.7 Å². The summed E-state index contributed by atoms with van der Waals surface area (Å²) >= 11 is 11.7. The summed E-state index contributed by atoms with van der Waals surface area (Å²) in [5, 5.41) is 3.41. The summed E-state index contributed by atoms with van der Waals surface area (Å²) in [7, 11) is 0. The zero-order valence-electron chi connectivity index (χ0n) is 11.8. The Morgan fingerprint density at radius 2 is 2.04 bits per heavy atom. The first-order valence-electron chi connectivity index (χ1n) is 6.72. The lowest BCUT2D eigenvalue weighted by Crippen LogP contribution is -2.37. The first-order valence-corrected chi connectivity index (χ1v) is 7.47. The highest BCUT2D eigenvalue weighted by Gasteiger charge is 2.40. The molecule has 0 unspecified atom stereocenters. The van der Waals surface area contributed by atoms with Crippen molar-refractivity contribution in [2.75, 3.05) is 13.1 Å². The van der Waals surface area contributed by atoms with Gasteiger partial charge in [0.15, 0.2) is 0 Å². The van der Waals surface area contributed by atoms with Gasteiger partial charge in [0, 0.05) is 29.6 Å². The van der Waals surface area contributed by atoms with Gasteiger partial charge in [-0.15, -0.1) is 0 Å². The minimum atomic E-state index is -4.47. The van der Waals surface area contributed by atoms with E-state index < -0.39 is 30.5 Å². The Hall–Kier alpha value is -1.47. The van der Waals surface area contributed by atoms with Crippen molar-refractivity contribution in [3.63, 3.8) is 0 Å². The summed E-state index contributed by atoms with van der Waals surface area (Å²) in [5.74, 6) is -1.95. The predicted octanol–water partition coefficient (Wildman–Crippen LogP) is 3.02. The number of amides is 2. The number of alkyl halides is 3. The average molecular weight is 369 g/mol. The molecule has 0 spiro atoms. The minimum Gasteiger partial charge on any atom is -0.352 e. The van der Waals surface area contributed by atoms with Crippen molar-refractivity contribution in [1.29, 1.82) is 0 Å². The lowest BCUT2D eigenvalue weighted by Gasteiger charge is -2.18. The highest BCUT2D eigenvalue weighted by molar-refractivity contribution is 6.35. The minimum absolute atomic E-state index is 0.110. The SMILES string of the molecule is O=C(NCc1ccc(Cl)cc1Cl)[C@@H]1CC(=O)N(CC(F)(F)F)C1. The van der Waals surface area contributed by atoms with Gasteiger partial charge in [0.05, 0.1) is 5.92 Å². The number of hydrogen-bond donors (Lipinski definition) is 1. The van der Waals surface area contributed by atoms with E-state index in [1.54, 1.807) is 12.1 Å². The molecule has 126 valence electrons. The number of rotatable bonds is 4. The van der Waals surface area contributed by atoms with E-state index in [0.717, 1.165) is 0 Å². The number of hydrogen-bond acceptors (Lipinski definition) is 2. The standard InChI is InChI=1S/C14H13Cl2F3N2O2/c15-10-2-1-8(11(16)4-10)5-20-13(23)9-3-12(22)21(6-9)7-14(17,18)19/h1-2,4,9H,3,5-7H2,(H,20,23)/t9-/m1/s1. The van der Waals surface area contributed by atoms with Gasteiger partial charge in [-0.3, -0.25) is 9.59 Å². The van der Waals surface area contributed by atoms with E-state index in [2.05, 4.69) is 5.32 Å². The Balaban J connectivity index is 1.90. The Labute approximate surface area is 140 Å². The van der Waals surface area contributed by atoms with Crippen LogP contribution in [0.5, 0.6) is 0 Å². The lowest BCUT2D eigenvalue weighted by molar-refractivity contribution is -0.157. The van der Waals surface area contributed by atoms with Crippen LogP contribution < -0.4 is 5.32 Å². The van der Waals surface area contributed by atoms with Crippen LogP contribution in [0.2, 0.25) is 10.0 Å². The zero-order valence-corrected chi connectivity index (χ0v) is 13.3. The molecule has 0 aromatic heterocycles. The van der Waals surface area contributed by atoms with Crippen molar-refractivity contribution in [3.8, 4) is 0 Å². The van der Waals surface area contributed by atoms with Crippen LogP contribution in [0.3, 0.4) is 0 Å². The molecule has 1 fully saturated rings. The Morgan fingerprint density at radius 1 is 1.35 bits per heavy atom. The molecule has 1 heterocycles. The molecule has 1 aliphatic heterocycles. The summed E-state index contributed by atoms with van der Waals surface area (Å²) in [6.07, 6.45) is -4.70. The van der Waals surface area contributed by atoms with Crippen LogP contribution >= 0.6 is 23.2 Å². The van der Waals surface area contributed by atoms with E-state index in [9.17, 15) is 22.8 Å². The number of benzene rings is 1. The molecule has 1 N–H and O–H groups in total. The number of nitrogens with zero attached hydrogens (tertiary/aromatic N) is 1. The fourth-order valence-corrected chi connectivity index (χ4v) is 2.78. The third-order valence-corrected chi connectivity index (χ3v) is 4.01. The third kappa shape index (κ3) is 5.00. The molecule has 0 saturated carbocycles. The van der Waals surface area contributed by atoms with Crippen LogP contribution in [0.1, 0.15) is 12.0 Å². The van der Waals surface area contributed by atoms with Crippen molar-refractivity contribution < 1.29 is 22.8 Å². The van der Waals surface area contributed by atoms with Crippen LogP contribution in [-0.2, 0) is 16.1 Å². The molecule has 1 aliphatic rings. The van der Waals surface area contributed by atoms with E-state index in [1.165, 1.54) is 6.07 Å². The molecule has 0 radical (unpaired) electrons. The van der Waals surface area contributed by atoms with E-state index >= 15 is 0 Å². The first-order chi connectivity index (χ1) is 10.7. The first kappa shape index (κ1) is 17.9. The van der Waals surface area contributed by atoms with Crippen LogP contribution in [0.15, 0.2) is 18.2 Å². The molecule has 2 rings (SSSR count). The number of nitrogens with one attached hydrogen (secondary N) is 1. The van der Waals surface area contributed by atoms with Gasteiger partial charge < -0.3 is 10.2 Å². The van der Waals surface area contributed by atoms with Gasteiger partial charge in [0.1, 0.15) is 6.54 Å². The van der Waals surface area contributed by atoms with Gasteiger partial charge in [0.2, 0.25) is 11.8 Å². The van der Waals surface area contributed by atoms with Crippen LogP contribution in [0.4, 0.5) is 13.2 Å². The normalized spacial score (nSPS) is 18.4. The van der Waals surface area contributed by atoms with Crippen molar-refractivity contribution in [3.05, 3.63) is 33.8 Å². The number of likely N-dealkylation sites (tertiary alicyclic amines) is 1. The number of carbonyl (C=O) groups is 2. The molecule has 1 atom stereocenters. The summed E-state index contributed by atoms with van der Waals surface area (Å²) in [6, 6.07) is 4.77. The summed E-state index contributed by atoms with van der Waals surface area (Å²) in [6.45, 7) is -1.46. The topological polar surface area (TPSA) is 49.4 Å². The smallest absolute Gasteiger partial charge is 0.352 e. The maximum absolute atomic E-state index is 12.3. The molecule has 0 aliphatic carbocycles. The molecular weight excluding hydrogens is 356 g/mol. The molecule has 0 bridgehead atoms. The highest BCUT2D eigenvalue weighted by Crippen LogP contribution is 2.24. The summed E-state index contributed by atoms with van der Waals surface area (Å²) in [4.78, 5) is 24.2. The van der Waals surface area contributed by atoms with Crippen LogP contribution in [-0.4, -0.2) is 36.0 Å². The molecule has 9 heteroatoms.